The second-order valence-electron chi connectivity index (χ2n) is 8.90. The van der Waals surface area contributed by atoms with Crippen molar-refractivity contribution in [3.63, 3.8) is 0 Å². The first-order valence-electron chi connectivity index (χ1n) is 9.51. The highest BCUT2D eigenvalue weighted by atomic mass is 14.6. The first-order valence-corrected chi connectivity index (χ1v) is 9.51. The molecular weight excluding hydrogens is 276 g/mol. The third kappa shape index (κ3) is 1.73. The Labute approximate surface area is 138 Å². The third-order valence-corrected chi connectivity index (χ3v) is 7.44. The number of hydrogen-bond acceptors (Lipinski definition) is 0. The maximum Gasteiger partial charge on any atom is -0.00134 e. The number of hydrogen-bond donors (Lipinski definition) is 0. The largest absolute Gasteiger partial charge is 0.0619 e. The fourth-order valence-corrected chi connectivity index (χ4v) is 6.94. The molecule has 7 rings (SSSR count). The van der Waals surface area contributed by atoms with Gasteiger partial charge in [-0.25, -0.2) is 0 Å². The van der Waals surface area contributed by atoms with Gasteiger partial charge in [0.05, 0.1) is 0 Å². The molecule has 0 aliphatic heterocycles. The van der Waals surface area contributed by atoms with Crippen LogP contribution in [0.1, 0.15) is 55.2 Å². The van der Waals surface area contributed by atoms with Gasteiger partial charge >= 0.3 is 0 Å². The Morgan fingerprint density at radius 1 is 0.696 bits per heavy atom. The summed E-state index contributed by atoms with van der Waals surface area (Å²) in [5.41, 5.74) is 8.29. The molecule has 0 heteroatoms. The first kappa shape index (κ1) is 12.8. The van der Waals surface area contributed by atoms with Gasteiger partial charge in [-0.1, -0.05) is 42.5 Å². The predicted octanol–water partition coefficient (Wildman–Crippen LogP) is 5.73. The van der Waals surface area contributed by atoms with Crippen LogP contribution in [0.15, 0.2) is 42.5 Å². The average molecular weight is 300 g/mol. The predicted molar refractivity (Wildman–Crippen MR) is 94.5 cm³/mol. The van der Waals surface area contributed by atoms with E-state index in [1.54, 1.807) is 11.1 Å². The summed E-state index contributed by atoms with van der Waals surface area (Å²) in [7, 11) is 0. The van der Waals surface area contributed by atoms with Crippen LogP contribution in [-0.2, 0) is 11.8 Å². The molecule has 0 amide bonds. The van der Waals surface area contributed by atoms with Crippen LogP contribution >= 0.6 is 0 Å². The minimum atomic E-state index is 0.540. The van der Waals surface area contributed by atoms with E-state index in [1.165, 1.54) is 55.2 Å². The van der Waals surface area contributed by atoms with Crippen LogP contribution in [0.4, 0.5) is 0 Å². The zero-order valence-electron chi connectivity index (χ0n) is 13.7. The Morgan fingerprint density at radius 2 is 1.35 bits per heavy atom. The summed E-state index contributed by atoms with van der Waals surface area (Å²) < 4.78 is 0. The Bertz CT molecular complexity index is 762. The van der Waals surface area contributed by atoms with Gasteiger partial charge in [0.25, 0.3) is 0 Å². The second-order valence-corrected chi connectivity index (χ2v) is 8.90. The molecule has 4 saturated carbocycles. The van der Waals surface area contributed by atoms with E-state index < -0.39 is 0 Å². The summed E-state index contributed by atoms with van der Waals surface area (Å²) in [6.45, 7) is 0. The molecule has 0 heterocycles. The molecule has 5 aliphatic rings. The number of fused-ring (bicyclic) bond motifs is 3. The second kappa shape index (κ2) is 4.29. The Hall–Kier alpha value is -1.56. The molecule has 0 saturated heterocycles. The smallest absolute Gasteiger partial charge is 0.00134 e. The summed E-state index contributed by atoms with van der Waals surface area (Å²) in [5, 5.41) is 0. The van der Waals surface area contributed by atoms with Crippen LogP contribution < -0.4 is 0 Å². The van der Waals surface area contributed by atoms with Crippen molar-refractivity contribution in [2.24, 2.45) is 17.8 Å². The number of benzene rings is 2. The van der Waals surface area contributed by atoms with Crippen molar-refractivity contribution in [2.75, 3.05) is 0 Å². The molecule has 0 nitrogen and oxygen atoms in total. The van der Waals surface area contributed by atoms with Crippen LogP contribution in [0.2, 0.25) is 0 Å². The topological polar surface area (TPSA) is 0 Å². The van der Waals surface area contributed by atoms with Crippen molar-refractivity contribution in [2.45, 2.75) is 50.4 Å². The molecule has 4 fully saturated rings. The number of rotatable bonds is 1. The van der Waals surface area contributed by atoms with Gasteiger partial charge in [-0.2, -0.15) is 0 Å². The molecule has 0 radical (unpaired) electrons. The van der Waals surface area contributed by atoms with Crippen molar-refractivity contribution in [3.8, 4) is 11.1 Å². The van der Waals surface area contributed by atoms with E-state index in [0.29, 0.717) is 5.41 Å². The van der Waals surface area contributed by atoms with E-state index in [2.05, 4.69) is 42.5 Å². The molecule has 5 aliphatic carbocycles. The Morgan fingerprint density at radius 3 is 2.09 bits per heavy atom. The lowest BCUT2D eigenvalue weighted by Gasteiger charge is -2.57. The summed E-state index contributed by atoms with van der Waals surface area (Å²) >= 11 is 0. The summed E-state index contributed by atoms with van der Waals surface area (Å²) in [4.78, 5) is 0. The van der Waals surface area contributed by atoms with Crippen molar-refractivity contribution in [1.29, 1.82) is 0 Å². The Balaban J connectivity index is 1.44. The zero-order chi connectivity index (χ0) is 15.0. The minimum absolute atomic E-state index is 0.540. The van der Waals surface area contributed by atoms with E-state index in [0.717, 1.165) is 24.2 Å². The maximum absolute atomic E-state index is 2.60. The normalized spacial score (nSPS) is 36.1. The molecule has 0 atom stereocenters. The van der Waals surface area contributed by atoms with Crippen molar-refractivity contribution < 1.29 is 0 Å². The van der Waals surface area contributed by atoms with E-state index >= 15 is 0 Å². The SMILES string of the molecule is c1ccc2c(c1)Cc1cc(C34CC5CC(CC(C5)C3)C4)ccc1-2. The Kier molecular flexibility index (Phi) is 2.39. The molecule has 116 valence electrons. The molecule has 2 aromatic rings. The van der Waals surface area contributed by atoms with Crippen LogP contribution in [0.25, 0.3) is 11.1 Å². The lowest BCUT2D eigenvalue weighted by molar-refractivity contribution is -0.00520. The van der Waals surface area contributed by atoms with E-state index in [-0.39, 0.29) is 0 Å². The van der Waals surface area contributed by atoms with Gasteiger partial charge < -0.3 is 0 Å². The van der Waals surface area contributed by atoms with Crippen molar-refractivity contribution in [1.82, 2.24) is 0 Å². The maximum atomic E-state index is 2.60. The molecular formula is C23H24. The van der Waals surface area contributed by atoms with Crippen LogP contribution in [0, 0.1) is 17.8 Å². The molecule has 2 aromatic carbocycles. The quantitative estimate of drug-likeness (QED) is 0.538. The van der Waals surface area contributed by atoms with Gasteiger partial charge in [0, 0.05) is 0 Å². The monoisotopic (exact) mass is 300 g/mol. The third-order valence-electron chi connectivity index (χ3n) is 7.44. The van der Waals surface area contributed by atoms with Crippen molar-refractivity contribution >= 4 is 0 Å². The molecule has 0 N–H and O–H groups in total. The minimum Gasteiger partial charge on any atom is -0.0619 e. The van der Waals surface area contributed by atoms with Crippen LogP contribution in [0.5, 0.6) is 0 Å². The zero-order valence-corrected chi connectivity index (χ0v) is 13.7. The standard InChI is InChI=1S/C23H24/c1-2-4-21-18(3-1)10-19-11-20(5-6-22(19)21)23-12-15-7-16(13-23)9-17(8-15)14-23/h1-6,11,15-17H,7-10,12-14H2. The summed E-state index contributed by atoms with van der Waals surface area (Å²) in [6, 6.07) is 16.5. The molecule has 0 aromatic heterocycles. The summed E-state index contributed by atoms with van der Waals surface area (Å²) in [5.74, 6) is 3.10. The molecule has 0 spiro atoms. The molecule has 4 bridgehead atoms. The van der Waals surface area contributed by atoms with Gasteiger partial charge in [0.1, 0.15) is 0 Å². The van der Waals surface area contributed by atoms with Gasteiger partial charge in [-0.15, -0.1) is 0 Å². The van der Waals surface area contributed by atoms with E-state index in [9.17, 15) is 0 Å². The lowest BCUT2D eigenvalue weighted by Crippen LogP contribution is -2.48. The van der Waals surface area contributed by atoms with Gasteiger partial charge in [-0.05, 0) is 95.9 Å². The van der Waals surface area contributed by atoms with Crippen molar-refractivity contribution in [3.05, 3.63) is 59.2 Å². The highest BCUT2D eigenvalue weighted by Crippen LogP contribution is 2.61. The van der Waals surface area contributed by atoms with Gasteiger partial charge in [0.15, 0.2) is 0 Å². The average Bonchev–Trinajstić information content (AvgIpc) is 2.91. The highest BCUT2D eigenvalue weighted by Gasteiger charge is 2.51. The van der Waals surface area contributed by atoms with Gasteiger partial charge in [-0.3, -0.25) is 0 Å². The van der Waals surface area contributed by atoms with E-state index in [1.807, 2.05) is 0 Å². The lowest BCUT2D eigenvalue weighted by atomic mass is 9.48. The summed E-state index contributed by atoms with van der Waals surface area (Å²) in [6.07, 6.45) is 10.2. The fourth-order valence-electron chi connectivity index (χ4n) is 6.94. The first-order chi connectivity index (χ1) is 11.3. The fraction of sp³-hybridized carbons (Fsp3) is 0.478. The van der Waals surface area contributed by atoms with E-state index in [4.69, 9.17) is 0 Å². The van der Waals surface area contributed by atoms with Crippen LogP contribution in [-0.4, -0.2) is 0 Å². The van der Waals surface area contributed by atoms with Crippen LogP contribution in [0.3, 0.4) is 0 Å². The molecule has 0 unspecified atom stereocenters. The van der Waals surface area contributed by atoms with Gasteiger partial charge in [0.2, 0.25) is 0 Å². The molecule has 23 heavy (non-hydrogen) atoms. The highest BCUT2D eigenvalue weighted by molar-refractivity contribution is 5.77.